The lowest BCUT2D eigenvalue weighted by Crippen LogP contribution is -2.19. The number of hydrogen-bond acceptors (Lipinski definition) is 5. The van der Waals surface area contributed by atoms with Gasteiger partial charge in [0.1, 0.15) is 17.5 Å². The number of aryl methyl sites for hydroxylation is 1. The number of nitrogen functional groups attached to an aromatic ring is 1. The third-order valence-corrected chi connectivity index (χ3v) is 1.85. The van der Waals surface area contributed by atoms with Crippen LogP contribution in [0.1, 0.15) is 19.2 Å². The van der Waals surface area contributed by atoms with Crippen molar-refractivity contribution in [2.45, 2.75) is 26.4 Å². The lowest BCUT2D eigenvalue weighted by Gasteiger charge is -2.10. The molecule has 0 aliphatic heterocycles. The molecule has 78 valence electrons. The Morgan fingerprint density at radius 2 is 2.29 bits per heavy atom. The standard InChI is InChI=1S/C9H16N4O/c1-3-7(14)5-11-9-4-8(10)12-6(2)13-9/h4,7,14H,3,5H2,1-2H3,(H3,10,11,12,13). The molecule has 1 unspecified atom stereocenters. The van der Waals surface area contributed by atoms with E-state index < -0.39 is 0 Å². The predicted octanol–water partition coefficient (Wildman–Crippen LogP) is 0.550. The molecule has 0 aliphatic carbocycles. The van der Waals surface area contributed by atoms with E-state index in [1.54, 1.807) is 13.0 Å². The van der Waals surface area contributed by atoms with Gasteiger partial charge in [0.15, 0.2) is 0 Å². The molecule has 0 bridgehead atoms. The molecular weight excluding hydrogens is 180 g/mol. The molecule has 1 rings (SSSR count). The highest BCUT2D eigenvalue weighted by molar-refractivity contribution is 5.44. The maximum atomic E-state index is 9.32. The van der Waals surface area contributed by atoms with Crippen LogP contribution < -0.4 is 11.1 Å². The lowest BCUT2D eigenvalue weighted by atomic mass is 10.3. The summed E-state index contributed by atoms with van der Waals surface area (Å²) < 4.78 is 0. The molecule has 0 radical (unpaired) electrons. The first-order chi connectivity index (χ1) is 6.61. The molecule has 0 saturated heterocycles. The van der Waals surface area contributed by atoms with Crippen molar-refractivity contribution in [1.29, 1.82) is 0 Å². The minimum atomic E-state index is -0.355. The molecule has 0 amide bonds. The normalized spacial score (nSPS) is 12.5. The van der Waals surface area contributed by atoms with Crippen LogP contribution in [0.5, 0.6) is 0 Å². The molecule has 0 saturated carbocycles. The summed E-state index contributed by atoms with van der Waals surface area (Å²) in [6.07, 6.45) is 0.360. The van der Waals surface area contributed by atoms with E-state index in [1.807, 2.05) is 6.92 Å². The number of nitrogens with zero attached hydrogens (tertiary/aromatic N) is 2. The molecule has 0 aliphatic rings. The summed E-state index contributed by atoms with van der Waals surface area (Å²) in [6.45, 7) is 4.18. The summed E-state index contributed by atoms with van der Waals surface area (Å²) >= 11 is 0. The molecule has 1 atom stereocenters. The Morgan fingerprint density at radius 1 is 1.57 bits per heavy atom. The minimum absolute atomic E-state index is 0.355. The number of rotatable bonds is 4. The van der Waals surface area contributed by atoms with Gasteiger partial charge in [-0.05, 0) is 13.3 Å². The molecule has 1 heterocycles. The first kappa shape index (κ1) is 10.7. The smallest absolute Gasteiger partial charge is 0.131 e. The van der Waals surface area contributed by atoms with Gasteiger partial charge in [-0.1, -0.05) is 6.92 Å². The van der Waals surface area contributed by atoms with Gasteiger partial charge >= 0.3 is 0 Å². The molecule has 0 spiro atoms. The van der Waals surface area contributed by atoms with Crippen molar-refractivity contribution in [2.75, 3.05) is 17.6 Å². The summed E-state index contributed by atoms with van der Waals surface area (Å²) in [5.41, 5.74) is 5.54. The molecule has 5 heteroatoms. The van der Waals surface area contributed by atoms with Crippen molar-refractivity contribution in [3.63, 3.8) is 0 Å². The van der Waals surface area contributed by atoms with E-state index in [-0.39, 0.29) is 6.10 Å². The van der Waals surface area contributed by atoms with Crippen molar-refractivity contribution in [3.8, 4) is 0 Å². The fourth-order valence-corrected chi connectivity index (χ4v) is 1.05. The number of aromatic nitrogens is 2. The molecule has 0 fully saturated rings. The maximum Gasteiger partial charge on any atom is 0.131 e. The summed E-state index contributed by atoms with van der Waals surface area (Å²) in [5, 5.41) is 12.3. The van der Waals surface area contributed by atoms with Gasteiger partial charge in [0.25, 0.3) is 0 Å². The van der Waals surface area contributed by atoms with Crippen molar-refractivity contribution in [3.05, 3.63) is 11.9 Å². The highest BCUT2D eigenvalue weighted by Crippen LogP contribution is 2.07. The van der Waals surface area contributed by atoms with Crippen molar-refractivity contribution < 1.29 is 5.11 Å². The van der Waals surface area contributed by atoms with Crippen LogP contribution in [-0.2, 0) is 0 Å². The number of nitrogens with two attached hydrogens (primary N) is 1. The van der Waals surface area contributed by atoms with Gasteiger partial charge in [-0.25, -0.2) is 9.97 Å². The molecular formula is C9H16N4O. The van der Waals surface area contributed by atoms with Crippen LogP contribution in [-0.4, -0.2) is 27.7 Å². The first-order valence-corrected chi connectivity index (χ1v) is 4.65. The Kier molecular flexibility index (Phi) is 3.64. The summed E-state index contributed by atoms with van der Waals surface area (Å²) in [4.78, 5) is 8.07. The van der Waals surface area contributed by atoms with E-state index in [0.717, 1.165) is 0 Å². The fraction of sp³-hybridized carbons (Fsp3) is 0.556. The van der Waals surface area contributed by atoms with Gasteiger partial charge in [0, 0.05) is 12.6 Å². The van der Waals surface area contributed by atoms with Crippen LogP contribution in [0.25, 0.3) is 0 Å². The Balaban J connectivity index is 2.58. The average molecular weight is 196 g/mol. The monoisotopic (exact) mass is 196 g/mol. The Hall–Kier alpha value is -1.36. The highest BCUT2D eigenvalue weighted by Gasteiger charge is 2.02. The third kappa shape index (κ3) is 3.18. The van der Waals surface area contributed by atoms with Crippen LogP contribution in [0.15, 0.2) is 6.07 Å². The maximum absolute atomic E-state index is 9.32. The van der Waals surface area contributed by atoms with E-state index in [2.05, 4.69) is 15.3 Å². The van der Waals surface area contributed by atoms with Crippen LogP contribution in [0.4, 0.5) is 11.6 Å². The van der Waals surface area contributed by atoms with Gasteiger partial charge in [-0.3, -0.25) is 0 Å². The van der Waals surface area contributed by atoms with Gasteiger partial charge in [0.2, 0.25) is 0 Å². The van der Waals surface area contributed by atoms with E-state index >= 15 is 0 Å². The third-order valence-electron chi connectivity index (χ3n) is 1.85. The quantitative estimate of drug-likeness (QED) is 0.655. The fourth-order valence-electron chi connectivity index (χ4n) is 1.05. The van der Waals surface area contributed by atoms with Crippen molar-refractivity contribution in [1.82, 2.24) is 9.97 Å². The predicted molar refractivity (Wildman–Crippen MR) is 56.0 cm³/mol. The molecule has 14 heavy (non-hydrogen) atoms. The molecule has 4 N–H and O–H groups in total. The molecule has 1 aromatic rings. The number of hydrogen-bond donors (Lipinski definition) is 3. The van der Waals surface area contributed by atoms with Crippen LogP contribution in [0, 0.1) is 6.92 Å². The highest BCUT2D eigenvalue weighted by atomic mass is 16.3. The zero-order valence-corrected chi connectivity index (χ0v) is 8.49. The second-order valence-electron chi connectivity index (χ2n) is 3.17. The second-order valence-corrected chi connectivity index (χ2v) is 3.17. The topological polar surface area (TPSA) is 84.1 Å². The van der Waals surface area contributed by atoms with E-state index in [1.165, 1.54) is 0 Å². The van der Waals surface area contributed by atoms with Gasteiger partial charge in [-0.2, -0.15) is 0 Å². The van der Waals surface area contributed by atoms with Crippen molar-refractivity contribution in [2.24, 2.45) is 0 Å². The lowest BCUT2D eigenvalue weighted by molar-refractivity contribution is 0.183. The Bertz CT molecular complexity index is 283. The first-order valence-electron chi connectivity index (χ1n) is 4.65. The zero-order chi connectivity index (χ0) is 10.6. The van der Waals surface area contributed by atoms with Gasteiger partial charge in [0.05, 0.1) is 6.10 Å². The second kappa shape index (κ2) is 4.76. The number of nitrogens with one attached hydrogen (secondary N) is 1. The van der Waals surface area contributed by atoms with E-state index in [0.29, 0.717) is 30.4 Å². The minimum Gasteiger partial charge on any atom is -0.391 e. The number of aliphatic hydroxyl groups is 1. The van der Waals surface area contributed by atoms with Crippen molar-refractivity contribution >= 4 is 11.6 Å². The SMILES string of the molecule is CCC(O)CNc1cc(N)nc(C)n1. The zero-order valence-electron chi connectivity index (χ0n) is 8.49. The molecule has 5 nitrogen and oxygen atoms in total. The summed E-state index contributed by atoms with van der Waals surface area (Å²) in [7, 11) is 0. The van der Waals surface area contributed by atoms with Crippen LogP contribution >= 0.6 is 0 Å². The Labute approximate surface area is 83.4 Å². The summed E-state index contributed by atoms with van der Waals surface area (Å²) in [5.74, 6) is 1.71. The van der Waals surface area contributed by atoms with E-state index in [4.69, 9.17) is 5.73 Å². The summed E-state index contributed by atoms with van der Waals surface area (Å²) in [6, 6.07) is 1.65. The van der Waals surface area contributed by atoms with Crippen LogP contribution in [0.3, 0.4) is 0 Å². The van der Waals surface area contributed by atoms with Gasteiger partial charge < -0.3 is 16.2 Å². The number of anilines is 2. The largest absolute Gasteiger partial charge is 0.391 e. The molecule has 0 aromatic carbocycles. The van der Waals surface area contributed by atoms with Gasteiger partial charge in [-0.15, -0.1) is 0 Å². The average Bonchev–Trinajstić information content (AvgIpc) is 2.12. The van der Waals surface area contributed by atoms with E-state index in [9.17, 15) is 5.11 Å². The molecule has 1 aromatic heterocycles. The van der Waals surface area contributed by atoms with Crippen LogP contribution in [0.2, 0.25) is 0 Å². The number of aliphatic hydroxyl groups excluding tert-OH is 1. The Morgan fingerprint density at radius 3 is 2.86 bits per heavy atom.